The van der Waals surface area contributed by atoms with Gasteiger partial charge >= 0.3 is 0 Å². The summed E-state index contributed by atoms with van der Waals surface area (Å²) in [5.74, 6) is 1.29. The van der Waals surface area contributed by atoms with E-state index in [1.54, 1.807) is 23.5 Å². The lowest BCUT2D eigenvalue weighted by Crippen LogP contribution is -2.41. The molecule has 0 atom stereocenters. The minimum absolute atomic E-state index is 0.0148. The van der Waals surface area contributed by atoms with Crippen LogP contribution in [0, 0.1) is 12.8 Å². The molecule has 1 saturated heterocycles. The third kappa shape index (κ3) is 3.39. The van der Waals surface area contributed by atoms with E-state index in [4.69, 9.17) is 9.47 Å². The number of carbonyl (C=O) groups is 2. The molecule has 2 amide bonds. The Hall–Kier alpha value is -3.06. The van der Waals surface area contributed by atoms with Crippen LogP contribution < -0.4 is 14.8 Å². The van der Waals surface area contributed by atoms with E-state index in [0.29, 0.717) is 43.1 Å². The number of amides is 2. The predicted molar refractivity (Wildman–Crippen MR) is 116 cm³/mol. The van der Waals surface area contributed by atoms with Gasteiger partial charge in [0.2, 0.25) is 12.7 Å². The van der Waals surface area contributed by atoms with E-state index in [0.717, 1.165) is 20.5 Å². The molecule has 1 fully saturated rings. The van der Waals surface area contributed by atoms with Gasteiger partial charge in [-0.2, -0.15) is 0 Å². The van der Waals surface area contributed by atoms with Crippen LogP contribution >= 0.6 is 11.3 Å². The fraction of sp³-hybridized carbons (Fsp3) is 0.304. The van der Waals surface area contributed by atoms with Gasteiger partial charge in [-0.3, -0.25) is 9.59 Å². The molecule has 2 aromatic carbocycles. The summed E-state index contributed by atoms with van der Waals surface area (Å²) >= 11 is 1.55. The van der Waals surface area contributed by atoms with Gasteiger partial charge in [0.1, 0.15) is 0 Å². The number of hydrogen-bond donors (Lipinski definition) is 1. The molecule has 6 nitrogen and oxygen atoms in total. The highest BCUT2D eigenvalue weighted by Gasteiger charge is 2.29. The van der Waals surface area contributed by atoms with Crippen LogP contribution in [0.2, 0.25) is 0 Å². The second kappa shape index (κ2) is 7.65. The smallest absolute Gasteiger partial charge is 0.264 e. The zero-order chi connectivity index (χ0) is 20.7. The molecule has 30 heavy (non-hydrogen) atoms. The highest BCUT2D eigenvalue weighted by molar-refractivity contribution is 7.21. The third-order valence-corrected chi connectivity index (χ3v) is 7.09. The molecule has 3 heterocycles. The van der Waals surface area contributed by atoms with Crippen molar-refractivity contribution >= 4 is 38.9 Å². The maximum atomic E-state index is 13.1. The molecule has 0 spiro atoms. The van der Waals surface area contributed by atoms with Gasteiger partial charge in [0.15, 0.2) is 11.5 Å². The van der Waals surface area contributed by atoms with Gasteiger partial charge in [0.25, 0.3) is 5.91 Å². The maximum absolute atomic E-state index is 13.1. The van der Waals surface area contributed by atoms with Crippen molar-refractivity contribution in [2.24, 2.45) is 5.92 Å². The summed E-state index contributed by atoms with van der Waals surface area (Å²) in [6.45, 7) is 3.40. The van der Waals surface area contributed by atoms with Gasteiger partial charge in [-0.15, -0.1) is 11.3 Å². The number of benzene rings is 2. The third-order valence-electron chi connectivity index (χ3n) is 5.83. The number of carbonyl (C=O) groups excluding carboxylic acids is 2. The summed E-state index contributed by atoms with van der Waals surface area (Å²) in [6, 6.07) is 13.5. The molecule has 0 radical (unpaired) electrons. The first kappa shape index (κ1) is 18.9. The largest absolute Gasteiger partial charge is 0.454 e. The van der Waals surface area contributed by atoms with Crippen molar-refractivity contribution in [2.75, 3.05) is 25.2 Å². The Morgan fingerprint density at radius 2 is 1.83 bits per heavy atom. The number of nitrogens with one attached hydrogen (secondary N) is 1. The lowest BCUT2D eigenvalue weighted by Gasteiger charge is -2.31. The number of rotatable bonds is 3. The number of nitrogens with zero attached hydrogens (tertiary/aromatic N) is 1. The van der Waals surface area contributed by atoms with E-state index in [1.807, 2.05) is 30.0 Å². The van der Waals surface area contributed by atoms with Crippen LogP contribution in [-0.4, -0.2) is 36.6 Å². The molecule has 0 bridgehead atoms. The molecule has 2 aliphatic rings. The zero-order valence-electron chi connectivity index (χ0n) is 16.6. The van der Waals surface area contributed by atoms with E-state index in [1.165, 1.54) is 0 Å². The Bertz CT molecular complexity index is 1130. The second-order valence-electron chi connectivity index (χ2n) is 7.68. The molecular weight excluding hydrogens is 400 g/mol. The summed E-state index contributed by atoms with van der Waals surface area (Å²) in [7, 11) is 0. The standard InChI is InChI=1S/C23H22N2O4S/c1-14-17-4-2-3-5-20(17)30-21(14)23(27)25-10-8-15(9-11-25)22(26)24-16-6-7-18-19(12-16)29-13-28-18/h2-7,12,15H,8-11,13H2,1H3,(H,24,26). The van der Waals surface area contributed by atoms with E-state index in [9.17, 15) is 9.59 Å². The molecule has 0 unspecified atom stereocenters. The lowest BCUT2D eigenvalue weighted by molar-refractivity contribution is -0.121. The average molecular weight is 423 g/mol. The number of aryl methyl sites for hydroxylation is 1. The van der Waals surface area contributed by atoms with Crippen LogP contribution in [0.3, 0.4) is 0 Å². The van der Waals surface area contributed by atoms with E-state index < -0.39 is 0 Å². The predicted octanol–water partition coefficient (Wildman–Crippen LogP) is 4.43. The molecule has 3 aromatic rings. The Morgan fingerprint density at radius 3 is 2.63 bits per heavy atom. The van der Waals surface area contributed by atoms with Crippen molar-refractivity contribution in [1.29, 1.82) is 0 Å². The number of ether oxygens (including phenoxy) is 2. The topological polar surface area (TPSA) is 67.9 Å². The van der Waals surface area contributed by atoms with Crippen LogP contribution in [0.5, 0.6) is 11.5 Å². The lowest BCUT2D eigenvalue weighted by atomic mass is 9.95. The molecule has 154 valence electrons. The summed E-state index contributed by atoms with van der Waals surface area (Å²) in [5.41, 5.74) is 1.74. The quantitative estimate of drug-likeness (QED) is 0.678. The van der Waals surface area contributed by atoms with Gasteiger partial charge in [-0.25, -0.2) is 0 Å². The van der Waals surface area contributed by atoms with Crippen LogP contribution in [0.4, 0.5) is 5.69 Å². The normalized spacial score (nSPS) is 16.1. The van der Waals surface area contributed by atoms with Crippen molar-refractivity contribution in [3.05, 3.63) is 52.9 Å². The molecule has 0 aliphatic carbocycles. The second-order valence-corrected chi connectivity index (χ2v) is 8.73. The first-order valence-corrected chi connectivity index (χ1v) is 10.9. The molecule has 7 heteroatoms. The maximum Gasteiger partial charge on any atom is 0.264 e. The molecule has 2 aliphatic heterocycles. The summed E-state index contributed by atoms with van der Waals surface area (Å²) < 4.78 is 11.8. The number of piperidine rings is 1. The van der Waals surface area contributed by atoms with Crippen molar-refractivity contribution < 1.29 is 19.1 Å². The number of thiophene rings is 1. The highest BCUT2D eigenvalue weighted by atomic mass is 32.1. The number of fused-ring (bicyclic) bond motifs is 2. The van der Waals surface area contributed by atoms with Crippen molar-refractivity contribution in [3.8, 4) is 11.5 Å². The Kier molecular flexibility index (Phi) is 4.83. The van der Waals surface area contributed by atoms with Gasteiger partial charge < -0.3 is 19.7 Å². The Morgan fingerprint density at radius 1 is 1.07 bits per heavy atom. The fourth-order valence-corrected chi connectivity index (χ4v) is 5.26. The van der Waals surface area contributed by atoms with Crippen molar-refractivity contribution in [1.82, 2.24) is 4.90 Å². The van der Waals surface area contributed by atoms with Crippen LogP contribution in [0.1, 0.15) is 28.1 Å². The van der Waals surface area contributed by atoms with Crippen molar-refractivity contribution in [3.63, 3.8) is 0 Å². The van der Waals surface area contributed by atoms with Crippen LogP contribution in [0.25, 0.3) is 10.1 Å². The van der Waals surface area contributed by atoms with Gasteiger partial charge in [-0.1, -0.05) is 18.2 Å². The summed E-state index contributed by atoms with van der Waals surface area (Å²) in [4.78, 5) is 28.5. The van der Waals surface area contributed by atoms with Gasteiger partial charge in [0.05, 0.1) is 4.88 Å². The number of likely N-dealkylation sites (tertiary alicyclic amines) is 1. The minimum atomic E-state index is -0.108. The minimum Gasteiger partial charge on any atom is -0.454 e. The van der Waals surface area contributed by atoms with Gasteiger partial charge in [0, 0.05) is 35.5 Å². The molecule has 1 aromatic heterocycles. The molecule has 5 rings (SSSR count). The monoisotopic (exact) mass is 422 g/mol. The molecule has 1 N–H and O–H groups in total. The first-order valence-electron chi connectivity index (χ1n) is 10.1. The number of hydrogen-bond acceptors (Lipinski definition) is 5. The first-order chi connectivity index (χ1) is 14.6. The van der Waals surface area contributed by atoms with E-state index in [2.05, 4.69) is 17.4 Å². The SMILES string of the molecule is Cc1c(C(=O)N2CCC(C(=O)Nc3ccc4c(c3)OCO4)CC2)sc2ccccc12. The Labute approximate surface area is 178 Å². The fourth-order valence-electron chi connectivity index (χ4n) is 4.09. The van der Waals surface area contributed by atoms with Gasteiger partial charge in [-0.05, 0) is 48.9 Å². The molecular formula is C23H22N2O4S. The highest BCUT2D eigenvalue weighted by Crippen LogP contribution is 2.35. The van der Waals surface area contributed by atoms with Crippen molar-refractivity contribution in [2.45, 2.75) is 19.8 Å². The average Bonchev–Trinajstić information content (AvgIpc) is 3.37. The summed E-state index contributed by atoms with van der Waals surface area (Å²) in [6.07, 6.45) is 1.32. The van der Waals surface area contributed by atoms with Crippen LogP contribution in [-0.2, 0) is 4.79 Å². The van der Waals surface area contributed by atoms with E-state index >= 15 is 0 Å². The zero-order valence-corrected chi connectivity index (χ0v) is 17.5. The van der Waals surface area contributed by atoms with E-state index in [-0.39, 0.29) is 24.5 Å². The van der Waals surface area contributed by atoms with Crippen LogP contribution in [0.15, 0.2) is 42.5 Å². The summed E-state index contributed by atoms with van der Waals surface area (Å²) in [5, 5.41) is 4.11. The number of anilines is 1. The Balaban J connectivity index is 1.22. The molecule has 0 saturated carbocycles.